The van der Waals surface area contributed by atoms with Crippen LogP contribution in [0.4, 0.5) is 0 Å². The summed E-state index contributed by atoms with van der Waals surface area (Å²) in [5.41, 5.74) is 0.145. The van der Waals surface area contributed by atoms with Gasteiger partial charge in [-0.3, -0.25) is 0 Å². The predicted octanol–water partition coefficient (Wildman–Crippen LogP) is 3.35. The van der Waals surface area contributed by atoms with E-state index in [9.17, 15) is 4.79 Å². The standard InChI is InChI=1S/C15H26O2Se/c1-9(17-6)10(2)18-12-8-15(5)13(16)7-11(12)14(15,3)4/h9-12H,7-8H2,1-6H3/t9-,10?,11?,12+,15?/m0/s1. The molecular formula is C15H26O2Se. The summed E-state index contributed by atoms with van der Waals surface area (Å²) < 4.78 is 5.45. The minimum atomic E-state index is -0.0554. The third-order valence-corrected chi connectivity index (χ3v) is 9.33. The summed E-state index contributed by atoms with van der Waals surface area (Å²) in [6, 6.07) is 0. The normalized spacial score (nSPS) is 41.1. The molecule has 2 fully saturated rings. The Bertz CT molecular complexity index is 352. The molecule has 0 radical (unpaired) electrons. The van der Waals surface area contributed by atoms with E-state index in [2.05, 4.69) is 34.6 Å². The average Bonchev–Trinajstić information content (AvgIpc) is 2.58. The molecule has 0 heterocycles. The topological polar surface area (TPSA) is 26.3 Å². The maximum absolute atomic E-state index is 12.2. The van der Waals surface area contributed by atoms with Gasteiger partial charge in [-0.15, -0.1) is 0 Å². The SMILES string of the molecule is CO[C@@H](C)C(C)[Se][C@@H]1CC2(C)C(=O)CC1C2(C)C. The van der Waals surface area contributed by atoms with Crippen molar-refractivity contribution in [1.29, 1.82) is 0 Å². The summed E-state index contributed by atoms with van der Waals surface area (Å²) in [7, 11) is 1.80. The second-order valence-electron chi connectivity index (χ2n) is 6.81. The maximum atomic E-state index is 12.2. The third-order valence-electron chi connectivity index (χ3n) is 5.85. The van der Waals surface area contributed by atoms with Crippen molar-refractivity contribution in [2.45, 2.75) is 63.2 Å². The summed E-state index contributed by atoms with van der Waals surface area (Å²) in [6.45, 7) is 11.3. The Morgan fingerprint density at radius 3 is 2.33 bits per heavy atom. The first-order valence-corrected chi connectivity index (χ1v) is 8.93. The summed E-state index contributed by atoms with van der Waals surface area (Å²) >= 11 is 0.579. The zero-order chi connectivity index (χ0) is 13.7. The first-order valence-electron chi connectivity index (χ1n) is 6.95. The molecule has 2 bridgehead atoms. The summed E-state index contributed by atoms with van der Waals surface area (Å²) in [6.07, 6.45) is 2.28. The van der Waals surface area contributed by atoms with Crippen LogP contribution in [0.5, 0.6) is 0 Å². The molecule has 2 aliphatic carbocycles. The molecule has 0 aromatic rings. The molecule has 2 rings (SSSR count). The molecule has 0 spiro atoms. The van der Waals surface area contributed by atoms with Crippen LogP contribution < -0.4 is 0 Å². The van der Waals surface area contributed by atoms with Crippen molar-refractivity contribution < 1.29 is 9.53 Å². The van der Waals surface area contributed by atoms with Crippen LogP contribution in [0.25, 0.3) is 0 Å². The van der Waals surface area contributed by atoms with E-state index in [1.54, 1.807) is 7.11 Å². The number of methoxy groups -OCH3 is 1. The van der Waals surface area contributed by atoms with Gasteiger partial charge in [-0.1, -0.05) is 0 Å². The zero-order valence-corrected chi connectivity index (χ0v) is 14.2. The number of hydrogen-bond donors (Lipinski definition) is 0. The number of fused-ring (bicyclic) bond motifs is 2. The van der Waals surface area contributed by atoms with E-state index in [1.165, 1.54) is 0 Å². The van der Waals surface area contributed by atoms with E-state index in [-0.39, 0.29) is 10.8 Å². The molecule has 104 valence electrons. The van der Waals surface area contributed by atoms with Crippen molar-refractivity contribution in [2.75, 3.05) is 7.11 Å². The molecule has 0 aromatic heterocycles. The molecular weight excluding hydrogens is 291 g/mol. The van der Waals surface area contributed by atoms with Crippen LogP contribution in [0.15, 0.2) is 0 Å². The van der Waals surface area contributed by atoms with Gasteiger partial charge in [0.15, 0.2) is 0 Å². The number of hydrogen-bond acceptors (Lipinski definition) is 2. The van der Waals surface area contributed by atoms with Crippen LogP contribution in [-0.2, 0) is 9.53 Å². The van der Waals surface area contributed by atoms with E-state index < -0.39 is 0 Å². The summed E-state index contributed by atoms with van der Waals surface area (Å²) in [5, 5.41) is 0. The molecule has 2 aliphatic rings. The third kappa shape index (κ3) is 1.90. The molecule has 0 aromatic carbocycles. The molecule has 18 heavy (non-hydrogen) atoms. The van der Waals surface area contributed by atoms with Crippen LogP contribution in [0.3, 0.4) is 0 Å². The molecule has 2 saturated carbocycles. The number of rotatable bonds is 4. The number of ketones is 1. The van der Waals surface area contributed by atoms with Crippen LogP contribution in [-0.4, -0.2) is 34.0 Å². The first kappa shape index (κ1) is 14.6. The monoisotopic (exact) mass is 318 g/mol. The van der Waals surface area contributed by atoms with Crippen LogP contribution >= 0.6 is 0 Å². The van der Waals surface area contributed by atoms with Gasteiger partial charge in [0.05, 0.1) is 0 Å². The van der Waals surface area contributed by atoms with Crippen LogP contribution in [0.2, 0.25) is 9.63 Å². The van der Waals surface area contributed by atoms with E-state index in [1.807, 2.05) is 0 Å². The summed E-state index contributed by atoms with van der Waals surface area (Å²) in [4.78, 5) is 13.6. The van der Waals surface area contributed by atoms with Crippen molar-refractivity contribution in [3.05, 3.63) is 0 Å². The fraction of sp³-hybridized carbons (Fsp3) is 0.933. The molecule has 5 atom stereocenters. The Labute approximate surface area is 117 Å². The van der Waals surface area contributed by atoms with Gasteiger partial charge in [0.1, 0.15) is 0 Å². The Hall–Kier alpha value is 0.149. The van der Waals surface area contributed by atoms with Crippen molar-refractivity contribution in [3.63, 3.8) is 0 Å². The van der Waals surface area contributed by atoms with E-state index in [4.69, 9.17) is 4.74 Å². The number of carbonyl (C=O) groups is 1. The Morgan fingerprint density at radius 1 is 1.33 bits per heavy atom. The van der Waals surface area contributed by atoms with Crippen LogP contribution in [0, 0.1) is 16.7 Å². The van der Waals surface area contributed by atoms with E-state index in [0.29, 0.717) is 37.6 Å². The molecule has 0 saturated heterocycles. The van der Waals surface area contributed by atoms with E-state index >= 15 is 0 Å². The van der Waals surface area contributed by atoms with Gasteiger partial charge in [0.25, 0.3) is 0 Å². The van der Waals surface area contributed by atoms with Gasteiger partial charge in [-0.25, -0.2) is 0 Å². The Morgan fingerprint density at radius 2 is 1.94 bits per heavy atom. The molecule has 2 nitrogen and oxygen atoms in total. The fourth-order valence-corrected chi connectivity index (χ4v) is 7.76. The van der Waals surface area contributed by atoms with Crippen molar-refractivity contribution in [1.82, 2.24) is 0 Å². The number of carbonyl (C=O) groups excluding carboxylic acids is 1. The van der Waals surface area contributed by atoms with Crippen LogP contribution in [0.1, 0.15) is 47.5 Å². The molecule has 3 unspecified atom stereocenters. The summed E-state index contributed by atoms with van der Waals surface area (Å²) in [5.74, 6) is 1.12. The van der Waals surface area contributed by atoms with E-state index in [0.717, 1.165) is 17.7 Å². The fourth-order valence-electron chi connectivity index (χ4n) is 3.69. The molecule has 3 heteroatoms. The quantitative estimate of drug-likeness (QED) is 0.743. The van der Waals surface area contributed by atoms with Gasteiger partial charge >= 0.3 is 117 Å². The Balaban J connectivity index is 2.10. The second kappa shape index (κ2) is 4.61. The first-order chi connectivity index (χ1) is 8.24. The minimum absolute atomic E-state index is 0.0554. The van der Waals surface area contributed by atoms with Gasteiger partial charge in [-0.05, 0) is 0 Å². The van der Waals surface area contributed by atoms with Gasteiger partial charge < -0.3 is 0 Å². The molecule has 0 aliphatic heterocycles. The zero-order valence-electron chi connectivity index (χ0n) is 12.4. The van der Waals surface area contributed by atoms with Gasteiger partial charge in [0.2, 0.25) is 0 Å². The van der Waals surface area contributed by atoms with Gasteiger partial charge in [-0.2, -0.15) is 0 Å². The Kier molecular flexibility index (Phi) is 3.73. The van der Waals surface area contributed by atoms with Crippen molar-refractivity contribution in [2.24, 2.45) is 16.7 Å². The predicted molar refractivity (Wildman–Crippen MR) is 75.0 cm³/mol. The van der Waals surface area contributed by atoms with Crippen molar-refractivity contribution >= 4 is 20.7 Å². The second-order valence-corrected chi connectivity index (χ2v) is 10.2. The van der Waals surface area contributed by atoms with Gasteiger partial charge in [0, 0.05) is 0 Å². The number of Topliss-reactive ketones (excluding diaryl/α,β-unsaturated/α-hetero) is 1. The molecule has 0 N–H and O–H groups in total. The average molecular weight is 317 g/mol. The van der Waals surface area contributed by atoms with Crippen molar-refractivity contribution in [3.8, 4) is 0 Å². The number of ether oxygens (including phenoxy) is 1. The molecule has 0 amide bonds.